The fraction of sp³-hybridized carbons (Fsp3) is 0.269. The van der Waals surface area contributed by atoms with Crippen LogP contribution in [-0.2, 0) is 23.1 Å². The van der Waals surface area contributed by atoms with Crippen molar-refractivity contribution in [2.45, 2.75) is 13.1 Å². The van der Waals surface area contributed by atoms with Crippen LogP contribution in [-0.4, -0.2) is 66.9 Å². The average molecular weight is 508 g/mol. The van der Waals surface area contributed by atoms with Crippen molar-refractivity contribution in [1.82, 2.24) is 19.5 Å². The second kappa shape index (κ2) is 11.4. The van der Waals surface area contributed by atoms with Gasteiger partial charge in [-0.15, -0.1) is 0 Å². The normalized spacial score (nSPS) is 14.8. The maximum absolute atomic E-state index is 12.9. The number of aromatic nitrogens is 1. The van der Waals surface area contributed by atoms with Crippen LogP contribution in [0.4, 0.5) is 5.69 Å². The summed E-state index contributed by atoms with van der Waals surface area (Å²) in [6.45, 7) is 3.30. The van der Waals surface area contributed by atoms with E-state index in [2.05, 4.69) is 20.5 Å². The predicted octanol–water partition coefficient (Wildman–Crippen LogP) is 2.34. The van der Waals surface area contributed by atoms with Crippen LogP contribution in [0.25, 0.3) is 0 Å². The van der Waals surface area contributed by atoms with E-state index >= 15 is 0 Å². The minimum Gasteiger partial charge on any atom is -0.348 e. The number of sulfonamides is 1. The molecule has 2 amide bonds. The maximum Gasteiger partial charge on any atom is 0.255 e. The second-order valence-corrected chi connectivity index (χ2v) is 10.7. The molecule has 1 aliphatic heterocycles. The summed E-state index contributed by atoms with van der Waals surface area (Å²) in [6.07, 6.45) is 4.59. The highest BCUT2D eigenvalue weighted by atomic mass is 32.2. The molecule has 0 unspecified atom stereocenters. The van der Waals surface area contributed by atoms with Gasteiger partial charge in [0.15, 0.2) is 0 Å². The van der Waals surface area contributed by atoms with E-state index in [9.17, 15) is 18.0 Å². The number of anilines is 1. The minimum atomic E-state index is -3.15. The number of pyridine rings is 1. The third-order valence-electron chi connectivity index (χ3n) is 6.02. The molecule has 1 aliphatic rings. The van der Waals surface area contributed by atoms with Crippen LogP contribution in [0.3, 0.4) is 0 Å². The lowest BCUT2D eigenvalue weighted by Crippen LogP contribution is -2.47. The van der Waals surface area contributed by atoms with E-state index in [0.29, 0.717) is 56.1 Å². The number of hydrogen-bond acceptors (Lipinski definition) is 6. The summed E-state index contributed by atoms with van der Waals surface area (Å²) in [6, 6.07) is 17.8. The SMILES string of the molecule is CS(=O)(=O)N1CCN(Cc2ccc(C(=O)Nc3ccccc3C(=O)NCc3cccnc3)cc2)CC1. The average Bonchev–Trinajstić information content (AvgIpc) is 2.88. The monoisotopic (exact) mass is 507 g/mol. The molecule has 0 radical (unpaired) electrons. The Kier molecular flexibility index (Phi) is 8.09. The van der Waals surface area contributed by atoms with Crippen LogP contribution in [0.1, 0.15) is 31.8 Å². The van der Waals surface area contributed by atoms with Crippen molar-refractivity contribution in [2.24, 2.45) is 0 Å². The number of hydrogen-bond donors (Lipinski definition) is 2. The van der Waals surface area contributed by atoms with Gasteiger partial charge in [0.1, 0.15) is 0 Å². The van der Waals surface area contributed by atoms with Crippen LogP contribution >= 0.6 is 0 Å². The van der Waals surface area contributed by atoms with Crippen molar-refractivity contribution in [3.05, 3.63) is 95.3 Å². The predicted molar refractivity (Wildman–Crippen MR) is 138 cm³/mol. The summed E-state index contributed by atoms with van der Waals surface area (Å²) in [5.74, 6) is -0.600. The Bertz CT molecular complexity index is 1310. The highest BCUT2D eigenvalue weighted by molar-refractivity contribution is 7.88. The zero-order chi connectivity index (χ0) is 25.5. The number of carbonyl (C=O) groups is 2. The molecule has 0 spiro atoms. The summed E-state index contributed by atoms with van der Waals surface area (Å²) in [7, 11) is -3.15. The Morgan fingerprint density at radius 2 is 1.61 bits per heavy atom. The fourth-order valence-corrected chi connectivity index (χ4v) is 4.83. The Labute approximate surface area is 211 Å². The number of para-hydroxylation sites is 1. The molecule has 188 valence electrons. The first-order valence-corrected chi connectivity index (χ1v) is 13.5. The van der Waals surface area contributed by atoms with Gasteiger partial charge in [-0.25, -0.2) is 8.42 Å². The van der Waals surface area contributed by atoms with Gasteiger partial charge < -0.3 is 10.6 Å². The molecular weight excluding hydrogens is 478 g/mol. The van der Waals surface area contributed by atoms with E-state index < -0.39 is 10.0 Å². The smallest absolute Gasteiger partial charge is 0.255 e. The van der Waals surface area contributed by atoms with Gasteiger partial charge in [0.05, 0.1) is 17.5 Å². The van der Waals surface area contributed by atoms with Crippen LogP contribution in [0, 0.1) is 0 Å². The molecule has 2 aromatic carbocycles. The van der Waals surface area contributed by atoms with Crippen molar-refractivity contribution in [1.29, 1.82) is 0 Å². The van der Waals surface area contributed by atoms with Crippen molar-refractivity contribution in [3.8, 4) is 0 Å². The molecule has 0 bridgehead atoms. The van der Waals surface area contributed by atoms with Crippen molar-refractivity contribution in [2.75, 3.05) is 37.8 Å². The molecule has 1 aromatic heterocycles. The van der Waals surface area contributed by atoms with Gasteiger partial charge in [-0.2, -0.15) is 4.31 Å². The summed E-state index contributed by atoms with van der Waals surface area (Å²) in [5.41, 5.74) is 3.20. The molecule has 2 heterocycles. The molecule has 4 rings (SSSR count). The van der Waals surface area contributed by atoms with Crippen LogP contribution < -0.4 is 10.6 Å². The van der Waals surface area contributed by atoms with Crippen molar-refractivity contribution < 1.29 is 18.0 Å². The lowest BCUT2D eigenvalue weighted by atomic mass is 10.1. The Morgan fingerprint density at radius 1 is 0.889 bits per heavy atom. The first kappa shape index (κ1) is 25.5. The Morgan fingerprint density at radius 3 is 2.28 bits per heavy atom. The van der Waals surface area contributed by atoms with Gasteiger partial charge in [0.25, 0.3) is 11.8 Å². The Hall–Kier alpha value is -3.60. The van der Waals surface area contributed by atoms with E-state index in [-0.39, 0.29) is 11.8 Å². The third kappa shape index (κ3) is 6.75. The zero-order valence-electron chi connectivity index (χ0n) is 20.1. The summed E-state index contributed by atoms with van der Waals surface area (Å²) < 4.78 is 24.9. The summed E-state index contributed by atoms with van der Waals surface area (Å²) >= 11 is 0. The van der Waals surface area contributed by atoms with Gasteiger partial charge in [0.2, 0.25) is 10.0 Å². The zero-order valence-corrected chi connectivity index (χ0v) is 20.9. The first-order chi connectivity index (χ1) is 17.3. The molecule has 10 heteroatoms. The molecule has 3 aromatic rings. The molecular formula is C26H29N5O4S. The van der Waals surface area contributed by atoms with E-state index in [0.717, 1.165) is 11.1 Å². The Balaban J connectivity index is 1.34. The fourth-order valence-electron chi connectivity index (χ4n) is 4.00. The van der Waals surface area contributed by atoms with Gasteiger partial charge in [-0.3, -0.25) is 19.5 Å². The number of rotatable bonds is 8. The van der Waals surface area contributed by atoms with Crippen LogP contribution in [0.2, 0.25) is 0 Å². The first-order valence-electron chi connectivity index (χ1n) is 11.6. The topological polar surface area (TPSA) is 112 Å². The van der Waals surface area contributed by atoms with Gasteiger partial charge in [-0.05, 0) is 41.5 Å². The number of piperazine rings is 1. The maximum atomic E-state index is 12.9. The van der Waals surface area contributed by atoms with E-state index in [4.69, 9.17) is 0 Å². The summed E-state index contributed by atoms with van der Waals surface area (Å²) in [4.78, 5) is 31.9. The van der Waals surface area contributed by atoms with Crippen molar-refractivity contribution in [3.63, 3.8) is 0 Å². The number of nitrogens with one attached hydrogen (secondary N) is 2. The van der Waals surface area contributed by atoms with E-state index in [1.807, 2.05) is 18.2 Å². The quantitative estimate of drug-likeness (QED) is 0.484. The van der Waals surface area contributed by atoms with Gasteiger partial charge in [0, 0.05) is 57.2 Å². The van der Waals surface area contributed by atoms with Crippen LogP contribution in [0.15, 0.2) is 73.1 Å². The highest BCUT2D eigenvalue weighted by Gasteiger charge is 2.23. The van der Waals surface area contributed by atoms with E-state index in [1.165, 1.54) is 10.6 Å². The molecule has 9 nitrogen and oxygen atoms in total. The van der Waals surface area contributed by atoms with Crippen molar-refractivity contribution >= 4 is 27.5 Å². The number of carbonyl (C=O) groups excluding carboxylic acids is 2. The summed E-state index contributed by atoms with van der Waals surface area (Å²) in [5, 5.41) is 5.70. The molecule has 0 aliphatic carbocycles. The van der Waals surface area contributed by atoms with Crippen LogP contribution in [0.5, 0.6) is 0 Å². The third-order valence-corrected chi connectivity index (χ3v) is 7.32. The second-order valence-electron chi connectivity index (χ2n) is 8.68. The molecule has 1 fully saturated rings. The molecule has 2 N–H and O–H groups in total. The van der Waals surface area contributed by atoms with E-state index in [1.54, 1.807) is 54.9 Å². The number of amides is 2. The lowest BCUT2D eigenvalue weighted by Gasteiger charge is -2.33. The molecule has 1 saturated heterocycles. The molecule has 0 atom stereocenters. The van der Waals surface area contributed by atoms with Gasteiger partial charge in [-0.1, -0.05) is 30.3 Å². The minimum absolute atomic E-state index is 0.291. The number of nitrogens with zero attached hydrogens (tertiary/aromatic N) is 3. The molecule has 0 saturated carbocycles. The lowest BCUT2D eigenvalue weighted by molar-refractivity contribution is 0.0951. The molecule has 36 heavy (non-hydrogen) atoms. The number of benzene rings is 2. The van der Waals surface area contributed by atoms with Gasteiger partial charge >= 0.3 is 0 Å². The standard InChI is InChI=1S/C26H29N5O4S/c1-36(34,35)31-15-13-30(14-16-31)19-20-8-10-22(11-9-20)25(32)29-24-7-3-2-6-23(24)26(33)28-18-21-5-4-12-27-17-21/h2-12,17H,13-16,18-19H2,1H3,(H,28,33)(H,29,32). The largest absolute Gasteiger partial charge is 0.348 e. The highest BCUT2D eigenvalue weighted by Crippen LogP contribution is 2.18.